The molecule has 0 unspecified atom stereocenters. The Bertz CT molecular complexity index is 1020. The molecule has 3 heterocycles. The minimum absolute atomic E-state index is 0.0717. The minimum atomic E-state index is -0.608. The highest BCUT2D eigenvalue weighted by Crippen LogP contribution is 2.57. The van der Waals surface area contributed by atoms with Crippen LogP contribution in [0.4, 0.5) is 5.82 Å². The van der Waals surface area contributed by atoms with Crippen molar-refractivity contribution in [1.82, 2.24) is 24.8 Å². The lowest BCUT2D eigenvalue weighted by Gasteiger charge is -2.58. The summed E-state index contributed by atoms with van der Waals surface area (Å²) < 4.78 is 1.88. The average Bonchev–Trinajstić information content (AvgIpc) is 3.34. The molecule has 154 valence electrons. The van der Waals surface area contributed by atoms with E-state index in [4.69, 9.17) is 5.10 Å². The molecule has 0 aliphatic heterocycles. The molecular weight excluding hydrogens is 364 g/mol. The van der Waals surface area contributed by atoms with E-state index in [-0.39, 0.29) is 11.0 Å². The second kappa shape index (κ2) is 6.29. The van der Waals surface area contributed by atoms with Gasteiger partial charge in [0.15, 0.2) is 5.65 Å². The van der Waals surface area contributed by atoms with Crippen molar-refractivity contribution in [3.05, 3.63) is 30.1 Å². The van der Waals surface area contributed by atoms with Gasteiger partial charge in [-0.05, 0) is 82.4 Å². The van der Waals surface area contributed by atoms with Gasteiger partial charge in [0.1, 0.15) is 17.2 Å². The van der Waals surface area contributed by atoms with Crippen molar-refractivity contribution in [2.45, 2.75) is 76.9 Å². The normalized spacial score (nSPS) is 26.9. The molecule has 2 bridgehead atoms. The SMILES string of the molecule is CCc1cc(-c2cnc3ccc(NC45CCC(C(C)(C)O)(CC4)CC5)nn23)n[nH]1. The maximum atomic E-state index is 10.7. The Balaban J connectivity index is 1.41. The topological polar surface area (TPSA) is 91.1 Å². The maximum Gasteiger partial charge on any atom is 0.154 e. The Morgan fingerprint density at radius 3 is 2.52 bits per heavy atom. The molecule has 0 aromatic carbocycles. The molecule has 0 atom stereocenters. The highest BCUT2D eigenvalue weighted by molar-refractivity contribution is 5.60. The summed E-state index contributed by atoms with van der Waals surface area (Å²) in [5.41, 5.74) is 3.22. The van der Waals surface area contributed by atoms with Crippen LogP contribution in [0.3, 0.4) is 0 Å². The van der Waals surface area contributed by atoms with Crippen LogP contribution in [0.2, 0.25) is 0 Å². The molecule has 0 radical (unpaired) electrons. The highest BCUT2D eigenvalue weighted by Gasteiger charge is 2.54. The van der Waals surface area contributed by atoms with E-state index in [0.29, 0.717) is 0 Å². The van der Waals surface area contributed by atoms with Gasteiger partial charge in [-0.3, -0.25) is 5.10 Å². The van der Waals surface area contributed by atoms with Crippen molar-refractivity contribution < 1.29 is 5.11 Å². The second-order valence-corrected chi connectivity index (χ2v) is 9.51. The van der Waals surface area contributed by atoms with E-state index in [1.807, 2.05) is 36.7 Å². The molecule has 29 heavy (non-hydrogen) atoms. The predicted molar refractivity (Wildman–Crippen MR) is 113 cm³/mol. The van der Waals surface area contributed by atoms with Gasteiger partial charge in [-0.15, -0.1) is 5.10 Å². The number of aliphatic hydroxyl groups is 1. The fourth-order valence-corrected chi connectivity index (χ4v) is 5.35. The van der Waals surface area contributed by atoms with Crippen molar-refractivity contribution in [3.63, 3.8) is 0 Å². The standard InChI is InChI=1S/C22H30N6O/c1-4-15-13-16(26-25-15)17-14-23-19-6-5-18(27-28(17)19)24-22-10-7-21(8-11-22,9-12-22)20(2,3)29/h5-6,13-14,29H,4,7-12H2,1-3H3,(H,24,27)(H,25,26). The lowest BCUT2D eigenvalue weighted by Crippen LogP contribution is -2.57. The number of hydrogen-bond donors (Lipinski definition) is 3. The number of imidazole rings is 1. The Morgan fingerprint density at radius 2 is 1.90 bits per heavy atom. The van der Waals surface area contributed by atoms with Gasteiger partial charge in [0.05, 0.1) is 11.8 Å². The van der Waals surface area contributed by atoms with Crippen molar-refractivity contribution in [1.29, 1.82) is 0 Å². The zero-order valence-corrected chi connectivity index (χ0v) is 17.5. The number of rotatable bonds is 5. The van der Waals surface area contributed by atoms with Crippen LogP contribution in [0.25, 0.3) is 17.0 Å². The van der Waals surface area contributed by atoms with E-state index in [1.54, 1.807) is 0 Å². The van der Waals surface area contributed by atoms with Crippen LogP contribution in [-0.4, -0.2) is 41.0 Å². The van der Waals surface area contributed by atoms with Crippen LogP contribution >= 0.6 is 0 Å². The molecule has 0 amide bonds. The van der Waals surface area contributed by atoms with Gasteiger partial charge in [0.2, 0.25) is 0 Å². The fourth-order valence-electron chi connectivity index (χ4n) is 5.35. The smallest absolute Gasteiger partial charge is 0.154 e. The van der Waals surface area contributed by atoms with E-state index in [9.17, 15) is 5.11 Å². The quantitative estimate of drug-likeness (QED) is 0.609. The van der Waals surface area contributed by atoms with E-state index in [2.05, 4.69) is 33.5 Å². The number of hydrogen-bond acceptors (Lipinski definition) is 5. The van der Waals surface area contributed by atoms with Gasteiger partial charge >= 0.3 is 0 Å². The molecule has 6 rings (SSSR count). The summed E-state index contributed by atoms with van der Waals surface area (Å²) in [6.07, 6.45) is 9.17. The number of aromatic nitrogens is 5. The van der Waals surface area contributed by atoms with E-state index in [0.717, 1.165) is 73.5 Å². The van der Waals surface area contributed by atoms with Gasteiger partial charge < -0.3 is 10.4 Å². The van der Waals surface area contributed by atoms with E-state index < -0.39 is 5.60 Å². The summed E-state index contributed by atoms with van der Waals surface area (Å²) in [5.74, 6) is 0.876. The number of anilines is 1. The third-order valence-electron chi connectivity index (χ3n) is 7.57. The number of H-pyrrole nitrogens is 1. The summed E-state index contributed by atoms with van der Waals surface area (Å²) in [5, 5.41) is 26.8. The summed E-state index contributed by atoms with van der Waals surface area (Å²) in [6.45, 7) is 6.06. The molecule has 3 saturated carbocycles. The summed E-state index contributed by atoms with van der Waals surface area (Å²) >= 11 is 0. The fraction of sp³-hybridized carbons (Fsp3) is 0.591. The van der Waals surface area contributed by atoms with E-state index in [1.165, 1.54) is 0 Å². The summed E-state index contributed by atoms with van der Waals surface area (Å²) in [7, 11) is 0. The second-order valence-electron chi connectivity index (χ2n) is 9.51. The van der Waals surface area contributed by atoms with Crippen molar-refractivity contribution in [2.24, 2.45) is 5.41 Å². The van der Waals surface area contributed by atoms with Gasteiger partial charge in [-0.2, -0.15) is 5.10 Å². The first-order valence-electron chi connectivity index (χ1n) is 10.7. The largest absolute Gasteiger partial charge is 0.390 e. The molecular formula is C22H30N6O. The van der Waals surface area contributed by atoms with Crippen LogP contribution in [0.15, 0.2) is 24.4 Å². The third kappa shape index (κ3) is 2.94. The summed E-state index contributed by atoms with van der Waals surface area (Å²) in [4.78, 5) is 4.49. The Kier molecular flexibility index (Phi) is 4.04. The Morgan fingerprint density at radius 1 is 1.17 bits per heavy atom. The first-order valence-corrected chi connectivity index (χ1v) is 10.7. The van der Waals surface area contributed by atoms with Crippen molar-refractivity contribution in [2.75, 3.05) is 5.32 Å². The third-order valence-corrected chi connectivity index (χ3v) is 7.57. The van der Waals surface area contributed by atoms with Crippen LogP contribution in [0, 0.1) is 5.41 Å². The Hall–Kier alpha value is -2.41. The molecule has 3 aromatic heterocycles. The van der Waals surface area contributed by atoms with Gasteiger partial charge in [-0.25, -0.2) is 9.50 Å². The van der Waals surface area contributed by atoms with Crippen LogP contribution in [-0.2, 0) is 6.42 Å². The molecule has 0 spiro atoms. The molecule has 0 saturated heterocycles. The number of aryl methyl sites for hydroxylation is 1. The molecule has 3 N–H and O–H groups in total. The van der Waals surface area contributed by atoms with Gasteiger partial charge in [0.25, 0.3) is 0 Å². The Labute approximate surface area is 170 Å². The molecule has 3 aliphatic carbocycles. The molecule has 3 fully saturated rings. The molecule has 3 aliphatic rings. The number of aromatic amines is 1. The number of fused-ring (bicyclic) bond motifs is 4. The molecule has 3 aromatic rings. The minimum Gasteiger partial charge on any atom is -0.390 e. The monoisotopic (exact) mass is 394 g/mol. The zero-order valence-electron chi connectivity index (χ0n) is 17.5. The van der Waals surface area contributed by atoms with E-state index >= 15 is 0 Å². The van der Waals surface area contributed by atoms with Crippen LogP contribution in [0.1, 0.15) is 65.0 Å². The van der Waals surface area contributed by atoms with Crippen molar-refractivity contribution >= 4 is 11.5 Å². The number of nitrogens with zero attached hydrogens (tertiary/aromatic N) is 4. The molecule has 7 nitrogen and oxygen atoms in total. The van der Waals surface area contributed by atoms with Crippen molar-refractivity contribution in [3.8, 4) is 11.4 Å². The van der Waals surface area contributed by atoms with Gasteiger partial charge in [0, 0.05) is 11.2 Å². The first kappa shape index (κ1) is 18.6. The first-order chi connectivity index (χ1) is 13.8. The maximum absolute atomic E-state index is 10.7. The summed E-state index contributed by atoms with van der Waals surface area (Å²) in [6, 6.07) is 6.09. The predicted octanol–water partition coefficient (Wildman–Crippen LogP) is 3.96. The lowest BCUT2D eigenvalue weighted by atomic mass is 9.52. The average molecular weight is 395 g/mol. The molecule has 7 heteroatoms. The van der Waals surface area contributed by atoms with Crippen LogP contribution < -0.4 is 5.32 Å². The van der Waals surface area contributed by atoms with Gasteiger partial charge in [-0.1, -0.05) is 6.92 Å². The van der Waals surface area contributed by atoms with Crippen LogP contribution in [0.5, 0.6) is 0 Å². The highest BCUT2D eigenvalue weighted by atomic mass is 16.3. The number of nitrogens with one attached hydrogen (secondary N) is 2. The zero-order chi connectivity index (χ0) is 20.3. The lowest BCUT2D eigenvalue weighted by molar-refractivity contribution is -0.115.